The molecule has 35 atom stereocenters. The van der Waals surface area contributed by atoms with Crippen molar-refractivity contribution in [3.05, 3.63) is 0 Å². The summed E-state index contributed by atoms with van der Waals surface area (Å²) in [7, 11) is 0. The standard InChI is InChI=1S/C42H70O35/c43-1-8-29-15(50)22(57)36(64-8)72-30-9(2-44)66-38(24(59)17(30)52)74-32-11(4-46)68-40(26(61)19(32)54)76-34-13(6-48)70-42(28(63)21(34)56)77-35-14(7-49)69-41(27(62)20(35)55)75-33-12(5-47)67-39(25(60)18(33)53)73-31-10(3-45)65-37(71-29)23(58)16(31)51/h8-63H,1-7H2/t8?,9?,10?,11?,12?,13?,14?,15-,16-,17-,18-,19-,20-,21-,22?,23?,24?,25?,26?,27?,28?,29+,30+,31+,32+,33+,34+,35+,36-,37-,38-,39+,40+,41+,42+/m1/s1. The molecule has 0 spiro atoms. The van der Waals surface area contributed by atoms with E-state index in [-0.39, 0.29) is 0 Å². The van der Waals surface area contributed by atoms with Crippen LogP contribution in [0.15, 0.2) is 0 Å². The van der Waals surface area contributed by atoms with Gasteiger partial charge in [0.15, 0.2) is 44.0 Å². The van der Waals surface area contributed by atoms with Crippen LogP contribution in [0.1, 0.15) is 0 Å². The van der Waals surface area contributed by atoms with Gasteiger partial charge in [0.2, 0.25) is 0 Å². The van der Waals surface area contributed by atoms with E-state index in [4.69, 9.17) is 66.3 Å². The second kappa shape index (κ2) is 26.0. The highest BCUT2D eigenvalue weighted by Crippen LogP contribution is 2.39. The van der Waals surface area contributed by atoms with Gasteiger partial charge in [-0.15, -0.1) is 0 Å². The maximum Gasteiger partial charge on any atom is 0.187 e. The van der Waals surface area contributed by atoms with Gasteiger partial charge in [-0.3, -0.25) is 0 Å². The van der Waals surface area contributed by atoms with E-state index in [0.29, 0.717) is 0 Å². The van der Waals surface area contributed by atoms with E-state index in [2.05, 4.69) is 0 Å². The predicted octanol–water partition coefficient (Wildman–Crippen LogP) is -15.2. The van der Waals surface area contributed by atoms with E-state index >= 15 is 0 Å². The largest absolute Gasteiger partial charge is 0.394 e. The van der Waals surface area contributed by atoms with Crippen molar-refractivity contribution >= 4 is 0 Å². The van der Waals surface area contributed by atoms with Crippen molar-refractivity contribution in [2.75, 3.05) is 46.2 Å². The van der Waals surface area contributed by atoms with Gasteiger partial charge in [-0.25, -0.2) is 0 Å². The lowest BCUT2D eigenvalue weighted by Gasteiger charge is -2.50. The summed E-state index contributed by atoms with van der Waals surface area (Å²) in [6, 6.07) is 0. The van der Waals surface area contributed by atoms with E-state index in [9.17, 15) is 107 Å². The number of aliphatic hydroxyl groups is 21. The van der Waals surface area contributed by atoms with Gasteiger partial charge in [-0.05, 0) is 0 Å². The second-order valence-electron chi connectivity index (χ2n) is 19.7. The predicted molar refractivity (Wildman–Crippen MR) is 228 cm³/mol. The van der Waals surface area contributed by atoms with E-state index in [0.717, 1.165) is 0 Å². The number of hydrogen-bond acceptors (Lipinski definition) is 35. The Morgan fingerprint density at radius 1 is 0.156 bits per heavy atom. The normalized spacial score (nSPS) is 55.4. The van der Waals surface area contributed by atoms with Crippen LogP contribution in [0.25, 0.3) is 0 Å². The summed E-state index contributed by atoms with van der Waals surface area (Å²) < 4.78 is 79.5. The number of ether oxygens (including phenoxy) is 14. The molecule has 0 aliphatic carbocycles. The van der Waals surface area contributed by atoms with Crippen LogP contribution in [-0.2, 0) is 66.3 Å². The first-order chi connectivity index (χ1) is 36.7. The molecule has 0 aromatic rings. The Bertz CT molecular complexity index is 1470. The fourth-order valence-electron chi connectivity index (χ4n) is 10.4. The number of aliphatic hydroxyl groups excluding tert-OH is 21. The molecule has 21 N–H and O–H groups in total. The zero-order valence-corrected chi connectivity index (χ0v) is 40.3. The summed E-state index contributed by atoms with van der Waals surface area (Å²) in [4.78, 5) is 0. The van der Waals surface area contributed by atoms with Gasteiger partial charge in [0, 0.05) is 0 Å². The SMILES string of the molecule is OCC1O[C@@H]2O[C@H]3C(CO)O[C@H](O[C@H]4C(CO)O[C@@H](O[C@H]5C(CO)O[C@@H](O[C@H]6C(CO)O[C@@H](O[C@H]7C(CO)O[C@@H](O[C@H]8C(CO)O[C@H](O[C@@H]1[C@H](O)C2O)C(O)[C@H]8O)C(O)[C@H]7O)C(O)[C@H]6O)C(O)[C@H]5O)C(O)[C@H]4O)C(O)[C@H]3O. The molecule has 35 nitrogen and oxygen atoms in total. The molecule has 0 aromatic carbocycles. The highest BCUT2D eigenvalue weighted by atomic mass is 16.8. The van der Waals surface area contributed by atoms with E-state index < -0.39 is 261 Å². The maximum atomic E-state index is 11.3. The first-order valence-corrected chi connectivity index (χ1v) is 24.6. The van der Waals surface area contributed by atoms with Crippen molar-refractivity contribution in [3.63, 3.8) is 0 Å². The summed E-state index contributed by atoms with van der Waals surface area (Å²) >= 11 is 0. The lowest BCUT2D eigenvalue weighted by molar-refractivity contribution is -0.396. The summed E-state index contributed by atoms with van der Waals surface area (Å²) in [6.07, 6.45) is -70.2. The van der Waals surface area contributed by atoms with Crippen molar-refractivity contribution in [3.8, 4) is 0 Å². The molecule has 0 radical (unpaired) electrons. The topological polar surface area (TPSA) is 554 Å². The quantitative estimate of drug-likeness (QED) is 0.113. The third-order valence-electron chi connectivity index (χ3n) is 14.8. The van der Waals surface area contributed by atoms with E-state index in [1.807, 2.05) is 0 Å². The summed E-state index contributed by atoms with van der Waals surface area (Å²) in [5, 5.41) is 230. The van der Waals surface area contributed by atoms with Gasteiger partial charge in [-0.1, -0.05) is 0 Å². The Hall–Kier alpha value is -1.40. The molecule has 14 bridgehead atoms. The van der Waals surface area contributed by atoms with Crippen LogP contribution in [-0.4, -0.2) is 368 Å². The van der Waals surface area contributed by atoms with Gasteiger partial charge in [-0.2, -0.15) is 0 Å². The Labute approximate surface area is 434 Å². The smallest absolute Gasteiger partial charge is 0.187 e. The molecule has 0 saturated carbocycles. The fraction of sp³-hybridized carbons (Fsp3) is 1.00. The Balaban J connectivity index is 1.08. The molecule has 448 valence electrons. The highest BCUT2D eigenvalue weighted by molar-refractivity contribution is 5.01. The first-order valence-electron chi connectivity index (χ1n) is 24.6. The van der Waals surface area contributed by atoms with Crippen molar-refractivity contribution in [2.24, 2.45) is 0 Å². The number of rotatable bonds is 7. The van der Waals surface area contributed by atoms with Crippen molar-refractivity contribution in [2.45, 2.75) is 215 Å². The van der Waals surface area contributed by atoms with Crippen molar-refractivity contribution in [1.29, 1.82) is 0 Å². The average molecular weight is 1130 g/mol. The Morgan fingerprint density at radius 3 is 0.351 bits per heavy atom. The summed E-state index contributed by atoms with van der Waals surface area (Å²) in [6.45, 7) is -7.33. The van der Waals surface area contributed by atoms with Crippen LogP contribution in [0.4, 0.5) is 0 Å². The van der Waals surface area contributed by atoms with Crippen LogP contribution in [0.2, 0.25) is 0 Å². The molecule has 35 heteroatoms. The molecule has 0 amide bonds. The molecule has 21 aliphatic rings. The van der Waals surface area contributed by atoms with Crippen LogP contribution in [0.5, 0.6) is 0 Å². The molecular weight excluding hydrogens is 1060 g/mol. The van der Waals surface area contributed by atoms with Crippen molar-refractivity contribution in [1.82, 2.24) is 0 Å². The van der Waals surface area contributed by atoms with E-state index in [1.165, 1.54) is 0 Å². The molecule has 21 saturated heterocycles. The van der Waals surface area contributed by atoms with Crippen LogP contribution < -0.4 is 0 Å². The van der Waals surface area contributed by atoms with Gasteiger partial charge < -0.3 is 174 Å². The van der Waals surface area contributed by atoms with Crippen LogP contribution in [0.3, 0.4) is 0 Å². The fourth-order valence-corrected chi connectivity index (χ4v) is 10.4. The minimum absolute atomic E-state index is 1.05. The van der Waals surface area contributed by atoms with Gasteiger partial charge in [0.1, 0.15) is 171 Å². The first kappa shape index (κ1) is 61.7. The maximum absolute atomic E-state index is 11.3. The lowest BCUT2D eigenvalue weighted by Crippen LogP contribution is -2.68. The monoisotopic (exact) mass is 1130 g/mol. The summed E-state index contributed by atoms with van der Waals surface area (Å²) in [5.74, 6) is 0. The van der Waals surface area contributed by atoms with Crippen LogP contribution in [0, 0.1) is 0 Å². The van der Waals surface area contributed by atoms with Gasteiger partial charge >= 0.3 is 0 Å². The molecule has 21 heterocycles. The minimum atomic E-state index is -2.21. The van der Waals surface area contributed by atoms with Gasteiger partial charge in [0.05, 0.1) is 46.2 Å². The molecule has 21 rings (SSSR count). The minimum Gasteiger partial charge on any atom is -0.394 e. The van der Waals surface area contributed by atoms with E-state index in [1.54, 1.807) is 0 Å². The highest BCUT2D eigenvalue weighted by Gasteiger charge is 2.59. The number of hydrogen-bond donors (Lipinski definition) is 21. The van der Waals surface area contributed by atoms with Crippen LogP contribution >= 0.6 is 0 Å². The molecule has 21 aliphatic heterocycles. The molecular formula is C42H70O35. The van der Waals surface area contributed by atoms with Crippen molar-refractivity contribution < 1.29 is 174 Å². The third kappa shape index (κ3) is 12.1. The molecule has 0 aromatic heterocycles. The lowest BCUT2D eigenvalue weighted by atomic mass is 9.95. The molecule has 77 heavy (non-hydrogen) atoms. The average Bonchev–Trinajstić information content (AvgIpc) is 3.47. The molecule has 14 unspecified atom stereocenters. The van der Waals surface area contributed by atoms with Gasteiger partial charge in [0.25, 0.3) is 0 Å². The third-order valence-corrected chi connectivity index (χ3v) is 14.8. The zero-order valence-electron chi connectivity index (χ0n) is 40.3. The second-order valence-corrected chi connectivity index (χ2v) is 19.7. The summed E-state index contributed by atoms with van der Waals surface area (Å²) in [5.41, 5.74) is 0. The Morgan fingerprint density at radius 2 is 0.260 bits per heavy atom. The Kier molecular flexibility index (Phi) is 20.8. The molecule has 21 fully saturated rings. The zero-order chi connectivity index (χ0) is 56.1.